The Kier molecular flexibility index (Phi) is 17.3. The lowest BCUT2D eigenvalue weighted by Gasteiger charge is -2.07. The zero-order chi connectivity index (χ0) is 41.0. The topological polar surface area (TPSA) is 206 Å². The predicted molar refractivity (Wildman–Crippen MR) is 218 cm³/mol. The van der Waals surface area contributed by atoms with Crippen LogP contribution in [0.4, 0.5) is 5.69 Å². The number of aryl methyl sites for hydroxylation is 2. The number of nitrogens with one attached hydrogen (secondary N) is 3. The molecule has 0 spiro atoms. The fraction of sp³-hybridized carbons (Fsp3) is 0.395. The van der Waals surface area contributed by atoms with Gasteiger partial charge in [0.2, 0.25) is 5.91 Å². The van der Waals surface area contributed by atoms with E-state index in [1.807, 2.05) is 73.1 Å². The number of Topliss-reactive ketones (excluding diaryl/α,β-unsaturated/α-hetero) is 2. The van der Waals surface area contributed by atoms with Crippen molar-refractivity contribution >= 4 is 29.1 Å². The molecule has 5 rings (SSSR count). The molecule has 0 fully saturated rings. The second kappa shape index (κ2) is 23.2. The zero-order valence-corrected chi connectivity index (χ0v) is 32.8. The summed E-state index contributed by atoms with van der Waals surface area (Å²) in [5.41, 5.74) is 8.22. The molecule has 0 atom stereocenters. The molecule has 0 unspecified atom stereocenters. The number of carbonyl (C=O) groups excluding carboxylic acids is 4. The van der Waals surface area contributed by atoms with Crippen LogP contribution in [0.2, 0.25) is 0 Å². The molecule has 0 aliphatic heterocycles. The Morgan fingerprint density at radius 1 is 0.603 bits per heavy atom. The molecule has 2 amide bonds. The van der Waals surface area contributed by atoms with Crippen molar-refractivity contribution in [1.29, 1.82) is 0 Å². The highest BCUT2D eigenvalue weighted by atomic mass is 16.5. The van der Waals surface area contributed by atoms with Gasteiger partial charge in [0.05, 0.1) is 36.0 Å². The largest absolute Gasteiger partial charge is 0.389 e. The van der Waals surface area contributed by atoms with Crippen molar-refractivity contribution < 1.29 is 29.5 Å². The first-order chi connectivity index (χ1) is 28.3. The highest BCUT2D eigenvalue weighted by Crippen LogP contribution is 2.17. The smallest absolute Gasteiger partial charge is 0.251 e. The van der Waals surface area contributed by atoms with Gasteiger partial charge in [0.15, 0.2) is 11.6 Å². The Labute approximate surface area is 338 Å². The van der Waals surface area contributed by atoms with Gasteiger partial charge >= 0.3 is 0 Å². The Hall–Kier alpha value is -6.06. The summed E-state index contributed by atoms with van der Waals surface area (Å²) < 4.78 is 3.45. The van der Waals surface area contributed by atoms with E-state index in [4.69, 9.17) is 10.3 Å². The standard InChI is InChI=1S/C43H53N9O6/c53-31-40(54)10-6-2-1-3-7-11-41(55)33-16-13-32(14-17-33)15-20-36-29-51(49-46-36)38-23-25-39(26-24-38)52-30-37(47-50-52)28-45-35-21-18-34(19-22-35)43(57)44-27-9-5-4-8-12-42(56)48-58/h13-14,16-19,21-26,29-30,45,53,58H,1-12,15,20,27-28,31H2,(H,44,57)(H,48,56). The molecule has 5 N–H and O–H groups in total. The summed E-state index contributed by atoms with van der Waals surface area (Å²) in [6, 6.07) is 22.8. The average Bonchev–Trinajstić information content (AvgIpc) is 3.95. The fourth-order valence-electron chi connectivity index (χ4n) is 6.35. The highest BCUT2D eigenvalue weighted by Gasteiger charge is 2.10. The zero-order valence-electron chi connectivity index (χ0n) is 32.8. The van der Waals surface area contributed by atoms with Gasteiger partial charge in [0.25, 0.3) is 5.91 Å². The number of carbonyl (C=O) groups is 4. The molecule has 306 valence electrons. The fourth-order valence-corrected chi connectivity index (χ4v) is 6.35. The Balaban J connectivity index is 0.991. The molecule has 2 heterocycles. The minimum Gasteiger partial charge on any atom is -0.389 e. The first-order valence-corrected chi connectivity index (χ1v) is 20.0. The van der Waals surface area contributed by atoms with Crippen LogP contribution < -0.4 is 16.1 Å². The second-order valence-corrected chi connectivity index (χ2v) is 14.3. The van der Waals surface area contributed by atoms with Crippen molar-refractivity contribution in [3.05, 3.63) is 113 Å². The molecular formula is C43H53N9O6. The number of nitrogens with zero attached hydrogens (tertiary/aromatic N) is 6. The molecule has 0 saturated carbocycles. The maximum atomic E-state index is 12.6. The van der Waals surface area contributed by atoms with E-state index in [0.29, 0.717) is 50.8 Å². The monoisotopic (exact) mass is 791 g/mol. The molecule has 0 bridgehead atoms. The third-order valence-corrected chi connectivity index (χ3v) is 9.80. The highest BCUT2D eigenvalue weighted by molar-refractivity contribution is 5.96. The van der Waals surface area contributed by atoms with Crippen molar-refractivity contribution in [3.8, 4) is 11.4 Å². The maximum Gasteiger partial charge on any atom is 0.251 e. The van der Waals surface area contributed by atoms with Gasteiger partial charge < -0.3 is 15.7 Å². The molecule has 3 aromatic carbocycles. The number of unbranched alkanes of at least 4 members (excludes halogenated alkanes) is 7. The number of amides is 2. The molecule has 0 aliphatic rings. The normalized spacial score (nSPS) is 11.0. The first-order valence-electron chi connectivity index (χ1n) is 20.0. The Morgan fingerprint density at radius 3 is 1.83 bits per heavy atom. The van der Waals surface area contributed by atoms with E-state index in [1.54, 1.807) is 27.0 Å². The van der Waals surface area contributed by atoms with Gasteiger partial charge in [-0.2, -0.15) is 0 Å². The number of hydrogen-bond acceptors (Lipinski definition) is 11. The van der Waals surface area contributed by atoms with Crippen LogP contribution in [0.3, 0.4) is 0 Å². The van der Waals surface area contributed by atoms with Gasteiger partial charge in [-0.05, 0) is 92.6 Å². The molecule has 2 aromatic heterocycles. The number of hydrogen-bond donors (Lipinski definition) is 5. The van der Waals surface area contributed by atoms with Crippen LogP contribution in [-0.2, 0) is 29.0 Å². The molecule has 58 heavy (non-hydrogen) atoms. The molecule has 0 radical (unpaired) electrons. The summed E-state index contributed by atoms with van der Waals surface area (Å²) in [6.45, 7) is 0.627. The number of hydroxylamine groups is 1. The Morgan fingerprint density at radius 2 is 1.17 bits per heavy atom. The SMILES string of the molecule is O=C(CO)CCCCCCCC(=O)c1ccc(CCc2cn(-c3ccc(-n4cc(CNc5ccc(C(=O)NCCCCCCC(=O)NO)cc5)nn4)cc3)nn2)cc1. The van der Waals surface area contributed by atoms with E-state index in [2.05, 4.69) is 31.3 Å². The van der Waals surface area contributed by atoms with Crippen LogP contribution in [-0.4, -0.2) is 76.8 Å². The third-order valence-electron chi connectivity index (χ3n) is 9.80. The van der Waals surface area contributed by atoms with E-state index >= 15 is 0 Å². The summed E-state index contributed by atoms with van der Waals surface area (Å²) in [5.74, 6) is -0.488. The van der Waals surface area contributed by atoms with Gasteiger partial charge in [0, 0.05) is 42.6 Å². The molecule has 15 nitrogen and oxygen atoms in total. The van der Waals surface area contributed by atoms with Crippen molar-refractivity contribution in [2.45, 2.75) is 96.4 Å². The summed E-state index contributed by atoms with van der Waals surface area (Å²) >= 11 is 0. The number of ketones is 2. The molecule has 15 heteroatoms. The summed E-state index contributed by atoms with van der Waals surface area (Å²) in [6.07, 6.45) is 14.2. The number of aliphatic hydroxyl groups is 1. The van der Waals surface area contributed by atoms with Gasteiger partial charge in [-0.25, -0.2) is 14.8 Å². The quantitative estimate of drug-likeness (QED) is 0.0193. The predicted octanol–water partition coefficient (Wildman–Crippen LogP) is 5.91. The van der Waals surface area contributed by atoms with E-state index in [1.165, 1.54) is 0 Å². The van der Waals surface area contributed by atoms with Crippen molar-refractivity contribution in [2.24, 2.45) is 0 Å². The number of aromatic nitrogens is 6. The van der Waals surface area contributed by atoms with Crippen LogP contribution in [0.25, 0.3) is 11.4 Å². The van der Waals surface area contributed by atoms with Crippen LogP contribution in [0.15, 0.2) is 85.2 Å². The second-order valence-electron chi connectivity index (χ2n) is 14.3. The molecule has 0 saturated heterocycles. The van der Waals surface area contributed by atoms with E-state index in [9.17, 15) is 19.2 Å². The van der Waals surface area contributed by atoms with E-state index < -0.39 is 0 Å². The van der Waals surface area contributed by atoms with Crippen LogP contribution in [0, 0.1) is 0 Å². The van der Waals surface area contributed by atoms with Gasteiger partial charge in [-0.1, -0.05) is 66.8 Å². The Bertz CT molecular complexity index is 1900. The number of benzene rings is 3. The van der Waals surface area contributed by atoms with Crippen LogP contribution >= 0.6 is 0 Å². The van der Waals surface area contributed by atoms with Gasteiger partial charge in [-0.3, -0.25) is 24.4 Å². The van der Waals surface area contributed by atoms with E-state index in [-0.39, 0.29) is 30.0 Å². The maximum absolute atomic E-state index is 12.6. The lowest BCUT2D eigenvalue weighted by atomic mass is 10.0. The molecule has 0 aliphatic carbocycles. The van der Waals surface area contributed by atoms with Crippen LogP contribution in [0.5, 0.6) is 0 Å². The number of aliphatic hydroxyl groups excluding tert-OH is 1. The average molecular weight is 792 g/mol. The van der Waals surface area contributed by atoms with Gasteiger partial charge in [-0.15, -0.1) is 10.2 Å². The molecule has 5 aromatic rings. The van der Waals surface area contributed by atoms with Crippen molar-refractivity contribution in [1.82, 2.24) is 40.8 Å². The minimum atomic E-state index is -0.382. The number of rotatable bonds is 26. The summed E-state index contributed by atoms with van der Waals surface area (Å²) in [7, 11) is 0. The minimum absolute atomic E-state index is 0.114. The first kappa shape index (κ1) is 43.1. The van der Waals surface area contributed by atoms with Crippen LogP contribution in [0.1, 0.15) is 115 Å². The van der Waals surface area contributed by atoms with Crippen molar-refractivity contribution in [3.63, 3.8) is 0 Å². The summed E-state index contributed by atoms with van der Waals surface area (Å²) in [5, 5.41) is 40.8. The van der Waals surface area contributed by atoms with E-state index in [0.717, 1.165) is 97.4 Å². The lowest BCUT2D eigenvalue weighted by Crippen LogP contribution is -2.24. The number of anilines is 1. The van der Waals surface area contributed by atoms with Crippen molar-refractivity contribution in [2.75, 3.05) is 18.5 Å². The third kappa shape index (κ3) is 14.2. The summed E-state index contributed by atoms with van der Waals surface area (Å²) in [4.78, 5) is 47.3. The lowest BCUT2D eigenvalue weighted by molar-refractivity contribution is -0.129. The molecular weight excluding hydrogens is 739 g/mol. The van der Waals surface area contributed by atoms with Gasteiger partial charge in [0.1, 0.15) is 12.3 Å².